The standard InChI is InChI=1S/C8H9N3O2/c9-6-2-1-3-7(10-4-12)8(6)11-5-13/h1-5H,9H2,(H,10,12)(H,11,13). The summed E-state index contributed by atoms with van der Waals surface area (Å²) in [6.07, 6.45) is 1.02. The first kappa shape index (κ1) is 9.05. The van der Waals surface area contributed by atoms with Crippen molar-refractivity contribution in [2.75, 3.05) is 16.4 Å². The average molecular weight is 179 g/mol. The third-order valence-corrected chi connectivity index (χ3v) is 1.51. The number of nitrogens with one attached hydrogen (secondary N) is 2. The fourth-order valence-electron chi connectivity index (χ4n) is 0.974. The number of nitrogens with two attached hydrogens (primary N) is 1. The van der Waals surface area contributed by atoms with Crippen molar-refractivity contribution < 1.29 is 9.59 Å². The number of nitrogen functional groups attached to an aromatic ring is 1. The Morgan fingerprint density at radius 2 is 1.85 bits per heavy atom. The largest absolute Gasteiger partial charge is 0.397 e. The summed E-state index contributed by atoms with van der Waals surface area (Å²) in [4.78, 5) is 20.4. The third kappa shape index (κ3) is 1.96. The van der Waals surface area contributed by atoms with Gasteiger partial charge in [-0.15, -0.1) is 0 Å². The van der Waals surface area contributed by atoms with Crippen LogP contribution < -0.4 is 16.4 Å². The third-order valence-electron chi connectivity index (χ3n) is 1.51. The maximum atomic E-state index is 10.2. The van der Waals surface area contributed by atoms with Gasteiger partial charge in [0.1, 0.15) is 0 Å². The Hall–Kier alpha value is -2.04. The Kier molecular flexibility index (Phi) is 2.86. The molecule has 5 nitrogen and oxygen atoms in total. The van der Waals surface area contributed by atoms with Crippen LogP contribution in [0.2, 0.25) is 0 Å². The van der Waals surface area contributed by atoms with Gasteiger partial charge >= 0.3 is 0 Å². The number of para-hydroxylation sites is 1. The second-order valence-corrected chi connectivity index (χ2v) is 2.29. The van der Waals surface area contributed by atoms with Gasteiger partial charge < -0.3 is 16.4 Å². The van der Waals surface area contributed by atoms with Crippen molar-refractivity contribution in [1.29, 1.82) is 0 Å². The fraction of sp³-hybridized carbons (Fsp3) is 0. The van der Waals surface area contributed by atoms with Gasteiger partial charge in [-0.25, -0.2) is 0 Å². The second kappa shape index (κ2) is 4.10. The molecular weight excluding hydrogens is 170 g/mol. The van der Waals surface area contributed by atoms with Crippen molar-refractivity contribution in [1.82, 2.24) is 0 Å². The van der Waals surface area contributed by atoms with E-state index in [1.165, 1.54) is 0 Å². The lowest BCUT2D eigenvalue weighted by Crippen LogP contribution is -2.04. The number of benzene rings is 1. The van der Waals surface area contributed by atoms with E-state index in [0.29, 0.717) is 29.9 Å². The van der Waals surface area contributed by atoms with Crippen LogP contribution in [0.1, 0.15) is 0 Å². The van der Waals surface area contributed by atoms with Crippen LogP contribution in [-0.2, 0) is 9.59 Å². The molecule has 0 aliphatic rings. The van der Waals surface area contributed by atoms with E-state index < -0.39 is 0 Å². The molecule has 1 aromatic rings. The van der Waals surface area contributed by atoms with Gasteiger partial charge in [-0.3, -0.25) is 9.59 Å². The molecular formula is C8H9N3O2. The Labute approximate surface area is 74.9 Å². The summed E-state index contributed by atoms with van der Waals surface area (Å²) in [5.41, 5.74) is 6.84. The van der Waals surface area contributed by atoms with E-state index in [1.807, 2.05) is 0 Å². The van der Waals surface area contributed by atoms with Crippen molar-refractivity contribution in [2.24, 2.45) is 0 Å². The Balaban J connectivity index is 3.08. The molecule has 0 aliphatic heterocycles. The smallest absolute Gasteiger partial charge is 0.211 e. The fourth-order valence-corrected chi connectivity index (χ4v) is 0.974. The summed E-state index contributed by atoms with van der Waals surface area (Å²) in [5, 5.41) is 4.82. The number of hydrogen-bond acceptors (Lipinski definition) is 3. The number of carbonyl (C=O) groups is 2. The molecule has 0 fully saturated rings. The average Bonchev–Trinajstić information content (AvgIpc) is 2.11. The van der Waals surface area contributed by atoms with E-state index in [1.54, 1.807) is 18.2 Å². The summed E-state index contributed by atoms with van der Waals surface area (Å²) in [6, 6.07) is 4.94. The van der Waals surface area contributed by atoms with Crippen LogP contribution >= 0.6 is 0 Å². The molecule has 1 aromatic carbocycles. The highest BCUT2D eigenvalue weighted by molar-refractivity contribution is 5.92. The predicted molar refractivity (Wildman–Crippen MR) is 50.2 cm³/mol. The van der Waals surface area contributed by atoms with Crippen molar-refractivity contribution >= 4 is 29.9 Å². The lowest BCUT2D eigenvalue weighted by atomic mass is 10.2. The summed E-state index contributed by atoms with van der Waals surface area (Å²) in [5.74, 6) is 0. The van der Waals surface area contributed by atoms with Gasteiger partial charge in [-0.2, -0.15) is 0 Å². The molecule has 5 heteroatoms. The van der Waals surface area contributed by atoms with Gasteiger partial charge in [0, 0.05) is 0 Å². The molecule has 0 bridgehead atoms. The first-order valence-corrected chi connectivity index (χ1v) is 3.58. The molecule has 2 amide bonds. The summed E-state index contributed by atoms with van der Waals surface area (Å²) < 4.78 is 0. The first-order valence-electron chi connectivity index (χ1n) is 3.58. The van der Waals surface area contributed by atoms with E-state index in [0.717, 1.165) is 0 Å². The highest BCUT2D eigenvalue weighted by Crippen LogP contribution is 2.26. The Morgan fingerprint density at radius 3 is 2.46 bits per heavy atom. The molecule has 0 unspecified atom stereocenters. The van der Waals surface area contributed by atoms with Gasteiger partial charge in [-0.1, -0.05) is 6.07 Å². The molecule has 4 N–H and O–H groups in total. The normalized spacial score (nSPS) is 8.92. The van der Waals surface area contributed by atoms with E-state index in [2.05, 4.69) is 10.6 Å². The molecule has 13 heavy (non-hydrogen) atoms. The molecule has 0 atom stereocenters. The molecule has 0 radical (unpaired) electrons. The van der Waals surface area contributed by atoms with E-state index in [-0.39, 0.29) is 0 Å². The minimum atomic E-state index is 0.402. The molecule has 0 aliphatic carbocycles. The molecule has 0 aromatic heterocycles. The van der Waals surface area contributed by atoms with Gasteiger partial charge in [0.05, 0.1) is 17.1 Å². The monoisotopic (exact) mass is 179 g/mol. The van der Waals surface area contributed by atoms with Crippen molar-refractivity contribution in [2.45, 2.75) is 0 Å². The quantitative estimate of drug-likeness (QED) is 0.462. The molecule has 0 saturated carbocycles. The Bertz CT molecular complexity index is 325. The molecule has 0 saturated heterocycles. The lowest BCUT2D eigenvalue weighted by Gasteiger charge is -2.08. The number of anilines is 3. The minimum absolute atomic E-state index is 0.402. The Morgan fingerprint density at radius 1 is 1.15 bits per heavy atom. The number of hydrogen-bond donors (Lipinski definition) is 3. The van der Waals surface area contributed by atoms with E-state index >= 15 is 0 Å². The van der Waals surface area contributed by atoms with Gasteiger partial charge in [-0.05, 0) is 12.1 Å². The van der Waals surface area contributed by atoms with Crippen LogP contribution in [-0.4, -0.2) is 12.8 Å². The lowest BCUT2D eigenvalue weighted by molar-refractivity contribution is -0.106. The summed E-state index contributed by atoms with van der Waals surface area (Å²) in [7, 11) is 0. The SMILES string of the molecule is Nc1cccc(NC=O)c1NC=O. The maximum absolute atomic E-state index is 10.2. The number of amides is 2. The zero-order chi connectivity index (χ0) is 9.68. The van der Waals surface area contributed by atoms with Gasteiger partial charge in [0.2, 0.25) is 12.8 Å². The number of carbonyl (C=O) groups excluding carboxylic acids is 2. The van der Waals surface area contributed by atoms with E-state index in [4.69, 9.17) is 5.73 Å². The molecule has 68 valence electrons. The van der Waals surface area contributed by atoms with Gasteiger partial charge in [0.25, 0.3) is 0 Å². The highest BCUT2D eigenvalue weighted by atomic mass is 16.1. The second-order valence-electron chi connectivity index (χ2n) is 2.29. The first-order chi connectivity index (χ1) is 6.29. The number of rotatable bonds is 4. The maximum Gasteiger partial charge on any atom is 0.211 e. The van der Waals surface area contributed by atoms with Crippen molar-refractivity contribution in [3.63, 3.8) is 0 Å². The van der Waals surface area contributed by atoms with Crippen LogP contribution in [0.25, 0.3) is 0 Å². The predicted octanol–water partition coefficient (Wildman–Crippen LogP) is 0.405. The zero-order valence-electron chi connectivity index (χ0n) is 6.78. The zero-order valence-corrected chi connectivity index (χ0v) is 6.78. The molecule has 1 rings (SSSR count). The van der Waals surface area contributed by atoms with Crippen molar-refractivity contribution in [3.8, 4) is 0 Å². The van der Waals surface area contributed by atoms with Crippen LogP contribution in [0.4, 0.5) is 17.1 Å². The van der Waals surface area contributed by atoms with Gasteiger partial charge in [0.15, 0.2) is 0 Å². The minimum Gasteiger partial charge on any atom is -0.397 e. The molecule has 0 spiro atoms. The van der Waals surface area contributed by atoms with Crippen LogP contribution in [0.5, 0.6) is 0 Å². The molecule has 0 heterocycles. The topological polar surface area (TPSA) is 84.2 Å². The van der Waals surface area contributed by atoms with Crippen LogP contribution in [0, 0.1) is 0 Å². The van der Waals surface area contributed by atoms with Crippen molar-refractivity contribution in [3.05, 3.63) is 18.2 Å². The van der Waals surface area contributed by atoms with Crippen LogP contribution in [0.15, 0.2) is 18.2 Å². The van der Waals surface area contributed by atoms with E-state index in [9.17, 15) is 9.59 Å². The summed E-state index contributed by atoms with van der Waals surface area (Å²) >= 11 is 0. The highest BCUT2D eigenvalue weighted by Gasteiger charge is 2.03. The summed E-state index contributed by atoms with van der Waals surface area (Å²) in [6.45, 7) is 0. The van der Waals surface area contributed by atoms with Crippen LogP contribution in [0.3, 0.4) is 0 Å².